The smallest absolute Gasteiger partial charge is 0.255 e. The van der Waals surface area contributed by atoms with Gasteiger partial charge in [0, 0.05) is 17.3 Å². The van der Waals surface area contributed by atoms with Gasteiger partial charge >= 0.3 is 0 Å². The molecule has 2 aromatic rings. The van der Waals surface area contributed by atoms with Crippen molar-refractivity contribution in [3.63, 3.8) is 0 Å². The summed E-state index contributed by atoms with van der Waals surface area (Å²) in [5.74, 6) is -0.0719. The molecule has 0 aliphatic rings. The molecular weight excluding hydrogens is 248 g/mol. The fraction of sp³-hybridized carbons (Fsp3) is 0.235. The number of carbonyl (C=O) groups is 1. The predicted molar refractivity (Wildman–Crippen MR) is 83.0 cm³/mol. The van der Waals surface area contributed by atoms with E-state index >= 15 is 0 Å². The molecule has 0 saturated heterocycles. The van der Waals surface area contributed by atoms with Crippen molar-refractivity contribution >= 4 is 11.6 Å². The van der Waals surface area contributed by atoms with Crippen LogP contribution in [0.25, 0.3) is 0 Å². The Kier molecular flexibility index (Phi) is 4.53. The first kappa shape index (κ1) is 14.3. The Labute approximate surface area is 120 Å². The summed E-state index contributed by atoms with van der Waals surface area (Å²) < 4.78 is 0. The highest BCUT2D eigenvalue weighted by Crippen LogP contribution is 2.18. The minimum atomic E-state index is -0.0719. The van der Waals surface area contributed by atoms with Gasteiger partial charge in [-0.15, -0.1) is 0 Å². The number of benzene rings is 2. The number of amides is 1. The topological polar surface area (TPSA) is 41.1 Å². The maximum Gasteiger partial charge on any atom is 0.255 e. The Morgan fingerprint density at radius 3 is 2.55 bits per heavy atom. The second kappa shape index (κ2) is 6.35. The van der Waals surface area contributed by atoms with Crippen molar-refractivity contribution in [3.05, 3.63) is 65.2 Å². The number of aryl methyl sites for hydroxylation is 1. The quantitative estimate of drug-likeness (QED) is 0.890. The van der Waals surface area contributed by atoms with Crippen LogP contribution >= 0.6 is 0 Å². The molecule has 0 aliphatic carbocycles. The van der Waals surface area contributed by atoms with Gasteiger partial charge in [0.1, 0.15) is 0 Å². The second-order valence-corrected chi connectivity index (χ2v) is 4.90. The zero-order chi connectivity index (χ0) is 14.5. The van der Waals surface area contributed by atoms with Crippen molar-refractivity contribution < 1.29 is 4.79 Å². The van der Waals surface area contributed by atoms with E-state index in [-0.39, 0.29) is 11.9 Å². The molecule has 2 N–H and O–H groups in total. The van der Waals surface area contributed by atoms with Crippen LogP contribution in [0.5, 0.6) is 0 Å². The van der Waals surface area contributed by atoms with Gasteiger partial charge in [0.2, 0.25) is 0 Å². The summed E-state index contributed by atoms with van der Waals surface area (Å²) in [5, 5.41) is 6.14. The third-order valence-electron chi connectivity index (χ3n) is 3.47. The van der Waals surface area contributed by atoms with Gasteiger partial charge in [-0.2, -0.15) is 0 Å². The predicted octanol–water partition coefficient (Wildman–Crippen LogP) is 3.53. The molecule has 0 spiro atoms. The van der Waals surface area contributed by atoms with Crippen molar-refractivity contribution in [3.8, 4) is 0 Å². The molecule has 20 heavy (non-hydrogen) atoms. The fourth-order valence-electron chi connectivity index (χ4n) is 2.08. The average molecular weight is 268 g/mol. The van der Waals surface area contributed by atoms with Gasteiger partial charge in [-0.3, -0.25) is 4.79 Å². The fourth-order valence-corrected chi connectivity index (χ4v) is 2.08. The van der Waals surface area contributed by atoms with Crippen LogP contribution in [-0.4, -0.2) is 13.0 Å². The monoisotopic (exact) mass is 268 g/mol. The first-order valence-corrected chi connectivity index (χ1v) is 6.76. The zero-order valence-electron chi connectivity index (χ0n) is 12.1. The van der Waals surface area contributed by atoms with Crippen molar-refractivity contribution in [2.45, 2.75) is 19.9 Å². The van der Waals surface area contributed by atoms with Gasteiger partial charge in [0.05, 0.1) is 0 Å². The summed E-state index contributed by atoms with van der Waals surface area (Å²) in [6.07, 6.45) is 0. The molecule has 0 aliphatic heterocycles. The minimum absolute atomic E-state index is 0.0719. The summed E-state index contributed by atoms with van der Waals surface area (Å²) >= 11 is 0. The van der Waals surface area contributed by atoms with Crippen LogP contribution < -0.4 is 10.6 Å². The highest BCUT2D eigenvalue weighted by atomic mass is 16.1. The number of hydrogen-bond donors (Lipinski definition) is 2. The van der Waals surface area contributed by atoms with E-state index in [1.807, 2.05) is 62.5 Å². The van der Waals surface area contributed by atoms with Crippen LogP contribution in [0.1, 0.15) is 34.5 Å². The lowest BCUT2D eigenvalue weighted by Crippen LogP contribution is -2.15. The van der Waals surface area contributed by atoms with Crippen LogP contribution in [0, 0.1) is 6.92 Å². The molecule has 104 valence electrons. The van der Waals surface area contributed by atoms with E-state index in [0.717, 1.165) is 16.8 Å². The molecule has 0 bridgehead atoms. The molecule has 0 saturated carbocycles. The highest BCUT2D eigenvalue weighted by molar-refractivity contribution is 6.05. The van der Waals surface area contributed by atoms with E-state index < -0.39 is 0 Å². The van der Waals surface area contributed by atoms with E-state index in [1.165, 1.54) is 0 Å². The SMILES string of the molecule is CNC(C)c1cccc(NC(=O)c2ccccc2C)c1. The Bertz CT molecular complexity index is 607. The molecule has 1 atom stereocenters. The average Bonchev–Trinajstić information content (AvgIpc) is 2.47. The van der Waals surface area contributed by atoms with Gasteiger partial charge in [-0.1, -0.05) is 30.3 Å². The Morgan fingerprint density at radius 1 is 1.10 bits per heavy atom. The first-order chi connectivity index (χ1) is 9.61. The van der Waals surface area contributed by atoms with Crippen LogP contribution in [0.15, 0.2) is 48.5 Å². The van der Waals surface area contributed by atoms with Crippen molar-refractivity contribution in [1.29, 1.82) is 0 Å². The molecule has 0 fully saturated rings. The molecule has 2 rings (SSSR count). The molecule has 2 aromatic carbocycles. The standard InChI is InChI=1S/C17H20N2O/c1-12-7-4-5-10-16(12)17(20)19-15-9-6-8-14(11-15)13(2)18-3/h4-11,13,18H,1-3H3,(H,19,20). The second-order valence-electron chi connectivity index (χ2n) is 4.90. The molecular formula is C17H20N2O. The first-order valence-electron chi connectivity index (χ1n) is 6.76. The number of nitrogens with one attached hydrogen (secondary N) is 2. The molecule has 1 unspecified atom stereocenters. The largest absolute Gasteiger partial charge is 0.322 e. The van der Waals surface area contributed by atoms with E-state index in [0.29, 0.717) is 5.56 Å². The third kappa shape index (κ3) is 3.25. The van der Waals surface area contributed by atoms with Gasteiger partial charge < -0.3 is 10.6 Å². The van der Waals surface area contributed by atoms with Crippen LogP contribution in [0.4, 0.5) is 5.69 Å². The summed E-state index contributed by atoms with van der Waals surface area (Å²) in [6.45, 7) is 4.02. The van der Waals surface area contributed by atoms with Crippen LogP contribution in [0.2, 0.25) is 0 Å². The Hall–Kier alpha value is -2.13. The van der Waals surface area contributed by atoms with Crippen molar-refractivity contribution in [1.82, 2.24) is 5.32 Å². The number of rotatable bonds is 4. The van der Waals surface area contributed by atoms with Gasteiger partial charge in [0.25, 0.3) is 5.91 Å². The minimum Gasteiger partial charge on any atom is -0.322 e. The zero-order valence-corrected chi connectivity index (χ0v) is 12.1. The molecule has 3 heteroatoms. The van der Waals surface area contributed by atoms with Crippen LogP contribution in [-0.2, 0) is 0 Å². The summed E-state index contributed by atoms with van der Waals surface area (Å²) in [6, 6.07) is 15.7. The number of anilines is 1. The molecule has 1 amide bonds. The summed E-state index contributed by atoms with van der Waals surface area (Å²) in [7, 11) is 1.92. The van der Waals surface area contributed by atoms with Gasteiger partial charge in [0.15, 0.2) is 0 Å². The van der Waals surface area contributed by atoms with Gasteiger partial charge in [-0.05, 0) is 50.2 Å². The summed E-state index contributed by atoms with van der Waals surface area (Å²) in [4.78, 5) is 12.3. The van der Waals surface area contributed by atoms with E-state index in [2.05, 4.69) is 17.6 Å². The lowest BCUT2D eigenvalue weighted by Gasteiger charge is -2.13. The number of hydrogen-bond acceptors (Lipinski definition) is 2. The molecule has 0 heterocycles. The maximum absolute atomic E-state index is 12.3. The third-order valence-corrected chi connectivity index (χ3v) is 3.47. The molecule has 3 nitrogen and oxygen atoms in total. The van der Waals surface area contributed by atoms with Gasteiger partial charge in [-0.25, -0.2) is 0 Å². The molecule has 0 aromatic heterocycles. The lowest BCUT2D eigenvalue weighted by atomic mass is 10.1. The van der Waals surface area contributed by atoms with Crippen molar-refractivity contribution in [2.75, 3.05) is 12.4 Å². The maximum atomic E-state index is 12.3. The summed E-state index contributed by atoms with van der Waals surface area (Å²) in [5.41, 5.74) is 3.65. The Morgan fingerprint density at radius 2 is 1.85 bits per heavy atom. The van der Waals surface area contributed by atoms with E-state index in [1.54, 1.807) is 0 Å². The normalized spacial score (nSPS) is 11.9. The molecule has 0 radical (unpaired) electrons. The Balaban J connectivity index is 2.18. The highest BCUT2D eigenvalue weighted by Gasteiger charge is 2.09. The lowest BCUT2D eigenvalue weighted by molar-refractivity contribution is 0.102. The van der Waals surface area contributed by atoms with Crippen molar-refractivity contribution in [2.24, 2.45) is 0 Å². The van der Waals surface area contributed by atoms with Crippen LogP contribution in [0.3, 0.4) is 0 Å². The number of carbonyl (C=O) groups excluding carboxylic acids is 1. The van der Waals surface area contributed by atoms with E-state index in [4.69, 9.17) is 0 Å². The van der Waals surface area contributed by atoms with E-state index in [9.17, 15) is 4.79 Å².